The minimum Gasteiger partial charge on any atom is -0.387 e. The van der Waals surface area contributed by atoms with Crippen molar-refractivity contribution in [1.29, 1.82) is 0 Å². The molecule has 5 rings (SSSR count). The molecule has 0 aromatic carbocycles. The number of aliphatic hydroxyl groups is 1. The minimum absolute atomic E-state index is 0.0232. The van der Waals surface area contributed by atoms with Crippen molar-refractivity contribution in [3.63, 3.8) is 0 Å². The normalized spacial score (nSPS) is 24.2. The molecule has 3 fully saturated rings. The van der Waals surface area contributed by atoms with Gasteiger partial charge in [-0.15, -0.1) is 0 Å². The van der Waals surface area contributed by atoms with Crippen LogP contribution in [0.5, 0.6) is 0 Å². The highest BCUT2D eigenvalue weighted by Gasteiger charge is 2.55. The number of carbonyl (C=O) groups is 1. The van der Waals surface area contributed by atoms with Crippen molar-refractivity contribution in [2.24, 2.45) is 5.41 Å². The van der Waals surface area contributed by atoms with Crippen LogP contribution in [0.25, 0.3) is 11.0 Å². The first-order chi connectivity index (χ1) is 17.6. The van der Waals surface area contributed by atoms with Crippen LogP contribution in [-0.2, 0) is 16.1 Å². The molecule has 37 heavy (non-hydrogen) atoms. The topological polar surface area (TPSA) is 114 Å². The molecule has 10 nitrogen and oxygen atoms in total. The van der Waals surface area contributed by atoms with E-state index < -0.39 is 35.9 Å². The Balaban J connectivity index is 1.36. The highest BCUT2D eigenvalue weighted by molar-refractivity contribution is 5.76. The second-order valence-electron chi connectivity index (χ2n) is 10.4. The van der Waals surface area contributed by atoms with Gasteiger partial charge in [-0.05, 0) is 19.3 Å². The highest BCUT2D eigenvalue weighted by Crippen LogP contribution is 2.51. The predicted molar refractivity (Wildman–Crippen MR) is 127 cm³/mol. The molecule has 1 spiro atoms. The van der Waals surface area contributed by atoms with Crippen LogP contribution in [0.4, 0.5) is 19.1 Å². The molecule has 2 saturated heterocycles. The summed E-state index contributed by atoms with van der Waals surface area (Å²) in [4.78, 5) is 42.5. The summed E-state index contributed by atoms with van der Waals surface area (Å²) in [5.74, 6) is -0.0741. The lowest BCUT2D eigenvalue weighted by molar-refractivity contribution is -0.166. The van der Waals surface area contributed by atoms with Gasteiger partial charge < -0.3 is 19.6 Å². The Morgan fingerprint density at radius 2 is 1.84 bits per heavy atom. The van der Waals surface area contributed by atoms with Gasteiger partial charge in [0.2, 0.25) is 11.9 Å². The number of halogens is 3. The van der Waals surface area contributed by atoms with Gasteiger partial charge in [0, 0.05) is 44.2 Å². The van der Waals surface area contributed by atoms with Crippen molar-refractivity contribution in [3.05, 3.63) is 22.9 Å². The van der Waals surface area contributed by atoms with E-state index in [1.54, 1.807) is 0 Å². The third-order valence-electron chi connectivity index (χ3n) is 8.10. The van der Waals surface area contributed by atoms with Crippen molar-refractivity contribution in [2.75, 3.05) is 44.3 Å². The van der Waals surface area contributed by atoms with E-state index in [1.165, 1.54) is 22.0 Å². The van der Waals surface area contributed by atoms with Gasteiger partial charge in [-0.2, -0.15) is 18.2 Å². The van der Waals surface area contributed by atoms with Crippen LogP contribution in [0.1, 0.15) is 44.9 Å². The molecule has 202 valence electrons. The largest absolute Gasteiger partial charge is 0.389 e. The number of aromatic nitrogens is 4. The molecule has 1 N–H and O–H groups in total. The Morgan fingerprint density at radius 1 is 1.11 bits per heavy atom. The van der Waals surface area contributed by atoms with E-state index in [4.69, 9.17) is 4.74 Å². The number of hydrogen-bond donors (Lipinski definition) is 1. The number of rotatable bonds is 5. The van der Waals surface area contributed by atoms with Gasteiger partial charge in [0.15, 0.2) is 5.65 Å². The molecule has 13 heteroatoms. The Morgan fingerprint density at radius 3 is 2.54 bits per heavy atom. The molecule has 1 saturated carbocycles. The number of hydrogen-bond acceptors (Lipinski definition) is 8. The van der Waals surface area contributed by atoms with Gasteiger partial charge in [-0.1, -0.05) is 12.8 Å². The van der Waals surface area contributed by atoms with E-state index in [1.807, 2.05) is 4.90 Å². The summed E-state index contributed by atoms with van der Waals surface area (Å²) in [7, 11) is 0. The fourth-order valence-electron chi connectivity index (χ4n) is 5.97. The van der Waals surface area contributed by atoms with Gasteiger partial charge in [0.25, 0.3) is 5.56 Å². The number of piperidine rings is 1. The predicted octanol–water partition coefficient (Wildman–Crippen LogP) is 1.89. The first-order valence-electron chi connectivity index (χ1n) is 12.7. The first-order valence-corrected chi connectivity index (χ1v) is 12.7. The first kappa shape index (κ1) is 25.8. The number of alkyl halides is 3. The maximum Gasteiger partial charge on any atom is 0.389 e. The van der Waals surface area contributed by atoms with E-state index in [-0.39, 0.29) is 42.6 Å². The molecule has 0 bridgehead atoms. The SMILES string of the molecule is O=C(CCC(F)(F)F)N1CCC(O)(Cn2cnc3nc(N4CCOCC4)ncc3c2=O)C2(CCCC2)C1. The highest BCUT2D eigenvalue weighted by atomic mass is 19.4. The molecule has 1 amide bonds. The van der Waals surface area contributed by atoms with E-state index in [9.17, 15) is 27.9 Å². The van der Waals surface area contributed by atoms with Crippen molar-refractivity contribution in [3.8, 4) is 0 Å². The zero-order valence-electron chi connectivity index (χ0n) is 20.5. The zero-order valence-corrected chi connectivity index (χ0v) is 20.5. The van der Waals surface area contributed by atoms with Gasteiger partial charge in [-0.25, -0.2) is 9.97 Å². The van der Waals surface area contributed by atoms with Crippen LogP contribution in [-0.4, -0.2) is 86.6 Å². The fourth-order valence-corrected chi connectivity index (χ4v) is 5.97. The molecule has 1 unspecified atom stereocenters. The van der Waals surface area contributed by atoms with Crippen LogP contribution in [0, 0.1) is 5.41 Å². The monoisotopic (exact) mass is 524 g/mol. The average Bonchev–Trinajstić information content (AvgIpc) is 3.36. The second kappa shape index (κ2) is 9.82. The van der Waals surface area contributed by atoms with Crippen LogP contribution in [0.2, 0.25) is 0 Å². The summed E-state index contributed by atoms with van der Waals surface area (Å²) in [6.45, 7) is 2.73. The van der Waals surface area contributed by atoms with E-state index in [2.05, 4.69) is 15.0 Å². The molecule has 1 atom stereocenters. The number of morpholine rings is 1. The van der Waals surface area contributed by atoms with E-state index in [0.29, 0.717) is 45.1 Å². The molecule has 2 aromatic rings. The summed E-state index contributed by atoms with van der Waals surface area (Å²) in [6.07, 6.45) is -0.200. The maximum atomic E-state index is 13.3. The summed E-state index contributed by atoms with van der Waals surface area (Å²) in [5, 5.41) is 12.1. The number of amides is 1. The van der Waals surface area contributed by atoms with Crippen LogP contribution < -0.4 is 10.5 Å². The number of ether oxygens (including phenoxy) is 1. The smallest absolute Gasteiger partial charge is 0.387 e. The lowest BCUT2D eigenvalue weighted by atomic mass is 9.65. The second-order valence-corrected chi connectivity index (χ2v) is 10.4. The summed E-state index contributed by atoms with van der Waals surface area (Å²) in [5.41, 5.74) is -2.10. The minimum atomic E-state index is -4.39. The molecule has 3 aliphatic rings. The van der Waals surface area contributed by atoms with Gasteiger partial charge in [0.1, 0.15) is 11.7 Å². The molecule has 1 aliphatic carbocycles. The van der Waals surface area contributed by atoms with E-state index in [0.717, 1.165) is 12.8 Å². The van der Waals surface area contributed by atoms with Gasteiger partial charge in [-0.3, -0.25) is 14.2 Å². The number of anilines is 1. The molecule has 2 aromatic heterocycles. The Bertz CT molecular complexity index is 1210. The van der Waals surface area contributed by atoms with Crippen molar-refractivity contribution in [1.82, 2.24) is 24.4 Å². The fraction of sp³-hybridized carbons (Fsp3) is 0.708. The standard InChI is InChI=1S/C24H31F3N6O4/c25-24(26,27)6-3-18(34)32-8-7-23(36,22(14-32)4-1-2-5-22)15-33-16-29-19-17(20(33)35)13-28-21(30-19)31-9-11-37-12-10-31/h13,16,36H,1-12,14-15H2. The quantitative estimate of drug-likeness (QED) is 0.631. The van der Waals surface area contributed by atoms with Gasteiger partial charge in [0.05, 0.1) is 31.8 Å². The third kappa shape index (κ3) is 5.15. The number of carbonyl (C=O) groups excluding carboxylic acids is 1. The molecule has 4 heterocycles. The van der Waals surface area contributed by atoms with Crippen LogP contribution in [0.3, 0.4) is 0 Å². The number of fused-ring (bicyclic) bond motifs is 1. The van der Waals surface area contributed by atoms with E-state index >= 15 is 0 Å². The Kier molecular flexibility index (Phi) is 6.86. The summed E-state index contributed by atoms with van der Waals surface area (Å²) in [6, 6.07) is 0. The number of nitrogens with zero attached hydrogens (tertiary/aromatic N) is 6. The molecule has 0 radical (unpaired) electrons. The average molecular weight is 525 g/mol. The summed E-state index contributed by atoms with van der Waals surface area (Å²) >= 11 is 0. The molecule has 2 aliphatic heterocycles. The van der Waals surface area contributed by atoms with Crippen molar-refractivity contribution in [2.45, 2.75) is 63.3 Å². The lowest BCUT2D eigenvalue weighted by Crippen LogP contribution is -2.62. The maximum absolute atomic E-state index is 13.3. The van der Waals surface area contributed by atoms with Crippen LogP contribution >= 0.6 is 0 Å². The molecular formula is C24H31F3N6O4. The van der Waals surface area contributed by atoms with Crippen LogP contribution in [0.15, 0.2) is 17.3 Å². The third-order valence-corrected chi connectivity index (χ3v) is 8.10. The summed E-state index contributed by atoms with van der Waals surface area (Å²) < 4.78 is 44.6. The van der Waals surface area contributed by atoms with Crippen molar-refractivity contribution < 1.29 is 27.8 Å². The Hall–Kier alpha value is -2.80. The molecular weight excluding hydrogens is 493 g/mol. The Labute approximate surface area is 211 Å². The lowest BCUT2D eigenvalue weighted by Gasteiger charge is -2.52. The van der Waals surface area contributed by atoms with Crippen molar-refractivity contribution >= 4 is 22.9 Å². The zero-order chi connectivity index (χ0) is 26.3. The number of likely N-dealkylation sites (tertiary alicyclic amines) is 1. The van der Waals surface area contributed by atoms with Gasteiger partial charge >= 0.3 is 6.18 Å².